The molecule has 1 saturated heterocycles. The van der Waals surface area contributed by atoms with Crippen LogP contribution in [0.15, 0.2) is 24.3 Å². The van der Waals surface area contributed by atoms with Gasteiger partial charge in [0.15, 0.2) is 0 Å². The molecule has 4 nitrogen and oxygen atoms in total. The summed E-state index contributed by atoms with van der Waals surface area (Å²) in [5.74, 6) is -0.0339. The maximum Gasteiger partial charge on any atom is 0.251 e. The van der Waals surface area contributed by atoms with E-state index in [4.69, 9.17) is 4.74 Å². The molecule has 2 rings (SSSR count). The van der Waals surface area contributed by atoms with E-state index >= 15 is 0 Å². The van der Waals surface area contributed by atoms with Gasteiger partial charge in [0.05, 0.1) is 6.61 Å². The summed E-state index contributed by atoms with van der Waals surface area (Å²) in [6, 6.07) is 7.96. The van der Waals surface area contributed by atoms with Gasteiger partial charge in [-0.1, -0.05) is 25.0 Å². The molecule has 0 unspecified atom stereocenters. The van der Waals surface area contributed by atoms with Crippen LogP contribution in [-0.2, 0) is 11.3 Å². The lowest BCUT2D eigenvalue weighted by atomic mass is 10.1. The van der Waals surface area contributed by atoms with Gasteiger partial charge in [0.25, 0.3) is 5.91 Å². The molecule has 4 heteroatoms. The zero-order valence-electron chi connectivity index (χ0n) is 12.9. The summed E-state index contributed by atoms with van der Waals surface area (Å²) in [7, 11) is 1.63. The molecule has 1 N–H and O–H groups in total. The minimum Gasteiger partial charge on any atom is -0.383 e. The van der Waals surface area contributed by atoms with Crippen molar-refractivity contribution in [3.05, 3.63) is 35.4 Å². The Hall–Kier alpha value is -1.39. The Labute approximate surface area is 127 Å². The second kappa shape index (κ2) is 8.80. The molecule has 21 heavy (non-hydrogen) atoms. The fraction of sp³-hybridized carbons (Fsp3) is 0.588. The molecule has 0 saturated carbocycles. The Kier molecular flexibility index (Phi) is 6.70. The Morgan fingerprint density at radius 1 is 1.14 bits per heavy atom. The van der Waals surface area contributed by atoms with Crippen LogP contribution in [0.25, 0.3) is 0 Å². The van der Waals surface area contributed by atoms with Crippen molar-refractivity contribution in [3.8, 4) is 0 Å². The number of hydrogen-bond acceptors (Lipinski definition) is 3. The molecule has 0 aromatic heterocycles. The van der Waals surface area contributed by atoms with Crippen LogP contribution in [-0.4, -0.2) is 44.2 Å². The van der Waals surface area contributed by atoms with E-state index in [1.807, 2.05) is 12.1 Å². The minimum atomic E-state index is -0.0339. The van der Waals surface area contributed by atoms with E-state index in [1.165, 1.54) is 44.3 Å². The van der Waals surface area contributed by atoms with Crippen LogP contribution in [0.1, 0.15) is 41.6 Å². The third-order valence-corrected chi connectivity index (χ3v) is 3.91. The van der Waals surface area contributed by atoms with Crippen LogP contribution >= 0.6 is 0 Å². The average Bonchev–Trinajstić information content (AvgIpc) is 2.77. The van der Waals surface area contributed by atoms with E-state index < -0.39 is 0 Å². The maximum atomic E-state index is 11.9. The smallest absolute Gasteiger partial charge is 0.251 e. The quantitative estimate of drug-likeness (QED) is 0.818. The number of likely N-dealkylation sites (tertiary alicyclic amines) is 1. The van der Waals surface area contributed by atoms with E-state index in [9.17, 15) is 4.79 Å². The number of hydrogen-bond donors (Lipinski definition) is 1. The SMILES string of the molecule is COCCNC(=O)c1ccc(CN2CCCCCC2)cc1. The molecule has 1 aromatic carbocycles. The summed E-state index contributed by atoms with van der Waals surface area (Å²) < 4.78 is 4.92. The van der Waals surface area contributed by atoms with Gasteiger partial charge in [-0.05, 0) is 43.6 Å². The zero-order chi connectivity index (χ0) is 14.9. The number of ether oxygens (including phenoxy) is 1. The summed E-state index contributed by atoms with van der Waals surface area (Å²) in [6.07, 6.45) is 5.33. The lowest BCUT2D eigenvalue weighted by Gasteiger charge is -2.19. The molecular weight excluding hydrogens is 264 g/mol. The maximum absolute atomic E-state index is 11.9. The number of amides is 1. The van der Waals surface area contributed by atoms with E-state index in [1.54, 1.807) is 7.11 Å². The highest BCUT2D eigenvalue weighted by molar-refractivity contribution is 5.94. The summed E-state index contributed by atoms with van der Waals surface area (Å²) in [5.41, 5.74) is 2.00. The third-order valence-electron chi connectivity index (χ3n) is 3.91. The number of nitrogens with zero attached hydrogens (tertiary/aromatic N) is 1. The number of carbonyl (C=O) groups excluding carboxylic acids is 1. The third kappa shape index (κ3) is 5.48. The van der Waals surface area contributed by atoms with Gasteiger partial charge in [0, 0.05) is 25.8 Å². The van der Waals surface area contributed by atoms with Crippen LogP contribution < -0.4 is 5.32 Å². The summed E-state index contributed by atoms with van der Waals surface area (Å²) in [6.45, 7) is 4.47. The molecule has 1 fully saturated rings. The van der Waals surface area contributed by atoms with Gasteiger partial charge in [-0.15, -0.1) is 0 Å². The number of rotatable bonds is 6. The number of carbonyl (C=O) groups is 1. The van der Waals surface area contributed by atoms with Gasteiger partial charge in [-0.3, -0.25) is 9.69 Å². The highest BCUT2D eigenvalue weighted by Gasteiger charge is 2.10. The second-order valence-corrected chi connectivity index (χ2v) is 5.64. The van der Waals surface area contributed by atoms with Crippen molar-refractivity contribution < 1.29 is 9.53 Å². The normalized spacial score (nSPS) is 16.4. The standard InChI is InChI=1S/C17H26N2O2/c1-21-13-10-18-17(20)16-8-6-15(7-9-16)14-19-11-4-2-3-5-12-19/h6-9H,2-5,10-14H2,1H3,(H,18,20). The largest absolute Gasteiger partial charge is 0.383 e. The molecule has 1 amide bonds. The monoisotopic (exact) mass is 290 g/mol. The Bertz CT molecular complexity index is 423. The summed E-state index contributed by atoms with van der Waals surface area (Å²) in [5, 5.41) is 2.83. The van der Waals surface area contributed by atoms with Crippen molar-refractivity contribution in [2.45, 2.75) is 32.2 Å². The van der Waals surface area contributed by atoms with Crippen molar-refractivity contribution in [1.82, 2.24) is 10.2 Å². The first-order chi connectivity index (χ1) is 10.3. The molecule has 0 atom stereocenters. The molecule has 0 spiro atoms. The Morgan fingerprint density at radius 2 is 1.81 bits per heavy atom. The van der Waals surface area contributed by atoms with Gasteiger partial charge >= 0.3 is 0 Å². The van der Waals surface area contributed by atoms with Gasteiger partial charge in [-0.25, -0.2) is 0 Å². The van der Waals surface area contributed by atoms with E-state index in [-0.39, 0.29) is 5.91 Å². The molecule has 1 heterocycles. The molecule has 116 valence electrons. The van der Waals surface area contributed by atoms with Gasteiger partial charge < -0.3 is 10.1 Å². The first-order valence-electron chi connectivity index (χ1n) is 7.88. The van der Waals surface area contributed by atoms with Crippen LogP contribution in [0.4, 0.5) is 0 Å². The van der Waals surface area contributed by atoms with Gasteiger partial charge in [-0.2, -0.15) is 0 Å². The highest BCUT2D eigenvalue weighted by Crippen LogP contribution is 2.13. The molecule has 1 aliphatic heterocycles. The van der Waals surface area contributed by atoms with Crippen molar-refractivity contribution in [2.24, 2.45) is 0 Å². The van der Waals surface area contributed by atoms with Crippen LogP contribution in [0.3, 0.4) is 0 Å². The first kappa shape index (κ1) is 16.0. The van der Waals surface area contributed by atoms with Crippen molar-refractivity contribution >= 4 is 5.91 Å². The number of benzene rings is 1. The fourth-order valence-electron chi connectivity index (χ4n) is 2.68. The van der Waals surface area contributed by atoms with Gasteiger partial charge in [0.2, 0.25) is 0 Å². The Morgan fingerprint density at radius 3 is 2.43 bits per heavy atom. The Balaban J connectivity index is 1.84. The predicted octanol–water partition coefficient (Wildman–Crippen LogP) is 2.44. The van der Waals surface area contributed by atoms with Crippen molar-refractivity contribution in [1.29, 1.82) is 0 Å². The molecule has 0 radical (unpaired) electrons. The van der Waals surface area contributed by atoms with E-state index in [2.05, 4.69) is 22.3 Å². The highest BCUT2D eigenvalue weighted by atomic mass is 16.5. The second-order valence-electron chi connectivity index (χ2n) is 5.64. The minimum absolute atomic E-state index is 0.0339. The summed E-state index contributed by atoms with van der Waals surface area (Å²) >= 11 is 0. The van der Waals surface area contributed by atoms with Crippen LogP contribution in [0.2, 0.25) is 0 Å². The predicted molar refractivity (Wildman–Crippen MR) is 84.4 cm³/mol. The van der Waals surface area contributed by atoms with Crippen molar-refractivity contribution in [3.63, 3.8) is 0 Å². The van der Waals surface area contributed by atoms with E-state index in [0.29, 0.717) is 18.7 Å². The molecule has 0 bridgehead atoms. The molecule has 1 aliphatic rings. The lowest BCUT2D eigenvalue weighted by molar-refractivity contribution is 0.0937. The number of methoxy groups -OCH3 is 1. The molecule has 0 aliphatic carbocycles. The van der Waals surface area contributed by atoms with Crippen molar-refractivity contribution in [2.75, 3.05) is 33.4 Å². The molecule has 1 aromatic rings. The fourth-order valence-corrected chi connectivity index (χ4v) is 2.68. The van der Waals surface area contributed by atoms with Crippen LogP contribution in [0.5, 0.6) is 0 Å². The lowest BCUT2D eigenvalue weighted by Crippen LogP contribution is -2.27. The van der Waals surface area contributed by atoms with Crippen LogP contribution in [0, 0.1) is 0 Å². The molecular formula is C17H26N2O2. The average molecular weight is 290 g/mol. The summed E-state index contributed by atoms with van der Waals surface area (Å²) in [4.78, 5) is 14.4. The first-order valence-corrected chi connectivity index (χ1v) is 7.88. The number of nitrogens with one attached hydrogen (secondary N) is 1. The zero-order valence-corrected chi connectivity index (χ0v) is 12.9. The topological polar surface area (TPSA) is 41.6 Å². The van der Waals surface area contributed by atoms with Gasteiger partial charge in [0.1, 0.15) is 0 Å². The van der Waals surface area contributed by atoms with E-state index in [0.717, 1.165) is 6.54 Å².